The van der Waals surface area contributed by atoms with E-state index in [4.69, 9.17) is 4.74 Å². The number of likely N-dealkylation sites (tertiary alicyclic amines) is 2. The minimum atomic E-state index is 0.141. The van der Waals surface area contributed by atoms with Crippen LogP contribution in [0, 0.1) is 5.92 Å². The number of likely N-dealkylation sites (N-methyl/N-ethyl adjacent to an activating group) is 1. The molecule has 0 bridgehead atoms. The van der Waals surface area contributed by atoms with E-state index in [0.717, 1.165) is 50.6 Å². The van der Waals surface area contributed by atoms with Gasteiger partial charge in [0.15, 0.2) is 0 Å². The third kappa shape index (κ3) is 3.58. The zero-order chi connectivity index (χ0) is 17.3. The molecular weight excluding hydrogens is 314 g/mol. The predicted molar refractivity (Wildman–Crippen MR) is 96.4 cm³/mol. The molecule has 3 heterocycles. The summed E-state index contributed by atoms with van der Waals surface area (Å²) in [7, 11) is 2.26. The Morgan fingerprint density at radius 1 is 1.16 bits per heavy atom. The van der Waals surface area contributed by atoms with Gasteiger partial charge in [0.05, 0.1) is 6.61 Å². The van der Waals surface area contributed by atoms with E-state index in [1.54, 1.807) is 12.4 Å². The Balaban J connectivity index is 1.30. The van der Waals surface area contributed by atoms with Crippen molar-refractivity contribution in [2.45, 2.75) is 50.1 Å². The fraction of sp³-hybridized carbons (Fsp3) is 0.700. The fourth-order valence-corrected chi connectivity index (χ4v) is 4.45. The minimum absolute atomic E-state index is 0.141. The van der Waals surface area contributed by atoms with Crippen LogP contribution in [-0.2, 0) is 4.74 Å². The number of ether oxygens (including phenoxy) is 1. The number of hydrogen-bond acceptors (Lipinski definition) is 4. The predicted octanol–water partition coefficient (Wildman–Crippen LogP) is 2.58. The molecule has 2 saturated heterocycles. The SMILES string of the molecule is CN1[C@@H](COCC2CC2)CCC12CCN(C(=O)c1ccncc1)CC2. The van der Waals surface area contributed by atoms with E-state index in [1.165, 1.54) is 25.7 Å². The number of rotatable bonds is 5. The molecule has 0 aromatic carbocycles. The first kappa shape index (κ1) is 17.0. The van der Waals surface area contributed by atoms with E-state index in [1.807, 2.05) is 17.0 Å². The summed E-state index contributed by atoms with van der Waals surface area (Å²) in [5.41, 5.74) is 1.01. The molecule has 1 spiro atoms. The molecule has 1 atom stereocenters. The van der Waals surface area contributed by atoms with Gasteiger partial charge in [-0.3, -0.25) is 14.7 Å². The second-order valence-electron chi connectivity index (χ2n) is 8.04. The molecule has 2 aliphatic heterocycles. The first-order chi connectivity index (χ1) is 12.2. The van der Waals surface area contributed by atoms with Crippen LogP contribution < -0.4 is 0 Å². The lowest BCUT2D eigenvalue weighted by atomic mass is 9.85. The van der Waals surface area contributed by atoms with Crippen molar-refractivity contribution >= 4 is 5.91 Å². The van der Waals surface area contributed by atoms with Crippen molar-refractivity contribution < 1.29 is 9.53 Å². The van der Waals surface area contributed by atoms with Crippen molar-refractivity contribution in [3.63, 3.8) is 0 Å². The Morgan fingerprint density at radius 3 is 2.56 bits per heavy atom. The average Bonchev–Trinajstić information content (AvgIpc) is 3.44. The van der Waals surface area contributed by atoms with Crippen molar-refractivity contribution in [1.82, 2.24) is 14.8 Å². The van der Waals surface area contributed by atoms with Crippen molar-refractivity contribution in [3.8, 4) is 0 Å². The molecule has 4 rings (SSSR count). The smallest absolute Gasteiger partial charge is 0.253 e. The number of hydrogen-bond donors (Lipinski definition) is 0. The molecule has 25 heavy (non-hydrogen) atoms. The number of nitrogens with zero attached hydrogens (tertiary/aromatic N) is 3. The van der Waals surface area contributed by atoms with Gasteiger partial charge in [-0.1, -0.05) is 0 Å². The van der Waals surface area contributed by atoms with Crippen LogP contribution >= 0.6 is 0 Å². The summed E-state index contributed by atoms with van der Waals surface area (Å²) < 4.78 is 5.95. The Hall–Kier alpha value is -1.46. The molecule has 5 heteroatoms. The number of carbonyl (C=O) groups excluding carboxylic acids is 1. The van der Waals surface area contributed by atoms with E-state index in [0.29, 0.717) is 6.04 Å². The maximum absolute atomic E-state index is 12.6. The Kier molecular flexibility index (Phi) is 4.78. The van der Waals surface area contributed by atoms with Gasteiger partial charge in [0.1, 0.15) is 0 Å². The van der Waals surface area contributed by atoms with Crippen LogP contribution in [0.5, 0.6) is 0 Å². The lowest BCUT2D eigenvalue weighted by molar-refractivity contribution is 0.0172. The van der Waals surface area contributed by atoms with E-state index >= 15 is 0 Å². The normalized spacial score (nSPS) is 26.3. The van der Waals surface area contributed by atoms with Crippen LogP contribution in [0.2, 0.25) is 0 Å². The Bertz CT molecular complexity index is 594. The highest BCUT2D eigenvalue weighted by Crippen LogP contribution is 2.41. The van der Waals surface area contributed by atoms with Gasteiger partial charge < -0.3 is 9.64 Å². The molecule has 1 aromatic rings. The molecule has 0 N–H and O–H groups in total. The van der Waals surface area contributed by atoms with E-state index in [2.05, 4.69) is 16.9 Å². The monoisotopic (exact) mass is 343 g/mol. The number of aromatic nitrogens is 1. The van der Waals surface area contributed by atoms with Gasteiger partial charge in [-0.15, -0.1) is 0 Å². The molecule has 1 saturated carbocycles. The molecular formula is C20H29N3O2. The first-order valence-electron chi connectivity index (χ1n) is 9.68. The molecule has 5 nitrogen and oxygen atoms in total. The highest BCUT2D eigenvalue weighted by Gasteiger charge is 2.46. The van der Waals surface area contributed by atoms with Crippen molar-refractivity contribution in [2.75, 3.05) is 33.4 Å². The van der Waals surface area contributed by atoms with Gasteiger partial charge in [0, 0.05) is 49.2 Å². The van der Waals surface area contributed by atoms with Gasteiger partial charge in [-0.2, -0.15) is 0 Å². The lowest BCUT2D eigenvalue weighted by Crippen LogP contribution is -2.54. The van der Waals surface area contributed by atoms with E-state index in [-0.39, 0.29) is 11.4 Å². The van der Waals surface area contributed by atoms with Crippen LogP contribution in [0.25, 0.3) is 0 Å². The average molecular weight is 343 g/mol. The summed E-state index contributed by atoms with van der Waals surface area (Å²) in [4.78, 5) is 21.2. The Morgan fingerprint density at radius 2 is 1.88 bits per heavy atom. The van der Waals surface area contributed by atoms with E-state index < -0.39 is 0 Å². The summed E-state index contributed by atoms with van der Waals surface area (Å²) >= 11 is 0. The van der Waals surface area contributed by atoms with E-state index in [9.17, 15) is 4.79 Å². The molecule has 1 amide bonds. The largest absolute Gasteiger partial charge is 0.380 e. The topological polar surface area (TPSA) is 45.7 Å². The summed E-state index contributed by atoms with van der Waals surface area (Å²) in [5.74, 6) is 0.977. The highest BCUT2D eigenvalue weighted by molar-refractivity contribution is 5.94. The summed E-state index contributed by atoms with van der Waals surface area (Å²) in [5, 5.41) is 0. The highest BCUT2D eigenvalue weighted by atomic mass is 16.5. The number of piperidine rings is 1. The summed E-state index contributed by atoms with van der Waals surface area (Å²) in [6.07, 6.45) is 10.7. The third-order valence-electron chi connectivity index (χ3n) is 6.51. The molecule has 1 aliphatic carbocycles. The number of carbonyl (C=O) groups is 1. The van der Waals surface area contributed by atoms with Gasteiger partial charge in [-0.25, -0.2) is 0 Å². The minimum Gasteiger partial charge on any atom is -0.380 e. The van der Waals surface area contributed by atoms with Gasteiger partial charge in [-0.05, 0) is 63.6 Å². The van der Waals surface area contributed by atoms with Crippen molar-refractivity contribution in [1.29, 1.82) is 0 Å². The maximum Gasteiger partial charge on any atom is 0.253 e. The molecule has 0 radical (unpaired) electrons. The van der Waals surface area contributed by atoms with Crippen LogP contribution in [0.15, 0.2) is 24.5 Å². The second kappa shape index (κ2) is 7.04. The molecule has 1 aromatic heterocycles. The summed E-state index contributed by atoms with van der Waals surface area (Å²) in [6, 6.07) is 4.16. The van der Waals surface area contributed by atoms with Crippen LogP contribution in [-0.4, -0.2) is 65.6 Å². The molecule has 0 unspecified atom stereocenters. The molecule has 136 valence electrons. The van der Waals surface area contributed by atoms with Crippen LogP contribution in [0.3, 0.4) is 0 Å². The quantitative estimate of drug-likeness (QED) is 0.824. The molecule has 3 aliphatic rings. The fourth-order valence-electron chi connectivity index (χ4n) is 4.45. The first-order valence-corrected chi connectivity index (χ1v) is 9.68. The number of pyridine rings is 1. The lowest BCUT2D eigenvalue weighted by Gasteiger charge is -2.45. The second-order valence-corrected chi connectivity index (χ2v) is 8.04. The maximum atomic E-state index is 12.6. The van der Waals surface area contributed by atoms with Crippen molar-refractivity contribution in [2.24, 2.45) is 5.92 Å². The molecule has 3 fully saturated rings. The Labute approximate surface area is 150 Å². The van der Waals surface area contributed by atoms with Crippen LogP contribution in [0.4, 0.5) is 0 Å². The standard InChI is InChI=1S/C20H29N3O2/c1-22-18(15-25-14-16-2-3-16)4-7-20(22)8-12-23(13-9-20)19(24)17-5-10-21-11-6-17/h5-6,10-11,16,18H,2-4,7-9,12-15H2,1H3/t18-/m1/s1. The third-order valence-corrected chi connectivity index (χ3v) is 6.51. The van der Waals surface area contributed by atoms with Gasteiger partial charge in [0.25, 0.3) is 5.91 Å². The zero-order valence-electron chi connectivity index (χ0n) is 15.2. The number of amides is 1. The van der Waals surface area contributed by atoms with Crippen LogP contribution in [0.1, 0.15) is 48.9 Å². The van der Waals surface area contributed by atoms with Crippen molar-refractivity contribution in [3.05, 3.63) is 30.1 Å². The van der Waals surface area contributed by atoms with Gasteiger partial charge in [0.2, 0.25) is 0 Å². The zero-order valence-corrected chi connectivity index (χ0v) is 15.2. The summed E-state index contributed by atoms with van der Waals surface area (Å²) in [6.45, 7) is 3.52. The van der Waals surface area contributed by atoms with Gasteiger partial charge >= 0.3 is 0 Å².